The van der Waals surface area contributed by atoms with Gasteiger partial charge in [0.25, 0.3) is 5.56 Å². The normalized spacial score (nSPS) is 10.9. The second-order valence-corrected chi connectivity index (χ2v) is 7.43. The van der Waals surface area contributed by atoms with Gasteiger partial charge in [-0.2, -0.15) is 0 Å². The number of carbonyl (C=O) groups is 1. The maximum absolute atomic E-state index is 13.2. The van der Waals surface area contributed by atoms with Crippen LogP contribution in [0.25, 0.3) is 11.0 Å². The number of nitrogens with zero attached hydrogens (tertiary/aromatic N) is 3. The molecule has 0 fully saturated rings. The Bertz CT molecular complexity index is 1290. The maximum Gasteiger partial charge on any atom is 0.337 e. The van der Waals surface area contributed by atoms with Gasteiger partial charge < -0.3 is 4.74 Å². The van der Waals surface area contributed by atoms with Gasteiger partial charge in [0, 0.05) is 11.1 Å². The smallest absolute Gasteiger partial charge is 0.337 e. The van der Waals surface area contributed by atoms with Crippen LogP contribution in [0.15, 0.2) is 69.7 Å². The van der Waals surface area contributed by atoms with Crippen molar-refractivity contribution in [1.29, 1.82) is 0 Å². The molecule has 0 radical (unpaired) electrons. The molecule has 29 heavy (non-hydrogen) atoms. The Morgan fingerprint density at radius 2 is 1.83 bits per heavy atom. The van der Waals surface area contributed by atoms with Crippen LogP contribution in [0.3, 0.4) is 0 Å². The van der Waals surface area contributed by atoms with Crippen LogP contribution < -0.4 is 11.2 Å². The molecule has 3 heterocycles. The van der Waals surface area contributed by atoms with Gasteiger partial charge in [0.15, 0.2) is 5.52 Å². The lowest BCUT2D eigenvalue weighted by atomic mass is 10.1. The van der Waals surface area contributed by atoms with Crippen molar-refractivity contribution in [2.45, 2.75) is 13.1 Å². The first-order chi connectivity index (χ1) is 14.1. The fourth-order valence-electron chi connectivity index (χ4n) is 3.14. The van der Waals surface area contributed by atoms with Crippen molar-refractivity contribution in [1.82, 2.24) is 14.1 Å². The first kappa shape index (κ1) is 18.8. The summed E-state index contributed by atoms with van der Waals surface area (Å²) < 4.78 is 7.46. The van der Waals surface area contributed by atoms with Gasteiger partial charge in [-0.05, 0) is 41.3 Å². The van der Waals surface area contributed by atoms with Crippen LogP contribution in [0.4, 0.5) is 0 Å². The van der Waals surface area contributed by atoms with Crippen molar-refractivity contribution < 1.29 is 9.53 Å². The Morgan fingerprint density at radius 3 is 2.52 bits per heavy atom. The first-order valence-electron chi connectivity index (χ1n) is 8.86. The lowest BCUT2D eigenvalue weighted by Gasteiger charge is -2.13. The number of pyridine rings is 1. The minimum atomic E-state index is -0.423. The molecule has 8 heteroatoms. The number of fused-ring (bicyclic) bond motifs is 1. The van der Waals surface area contributed by atoms with E-state index in [-0.39, 0.29) is 18.6 Å². The van der Waals surface area contributed by atoms with E-state index in [1.165, 1.54) is 27.6 Å². The zero-order valence-electron chi connectivity index (χ0n) is 15.6. The standard InChI is InChI=1S/C21H17N3O4S/c1-28-20(26)15-8-6-14(7-9-15)12-23-17-5-2-10-22-18(17)19(25)24(21(23)27)13-16-4-3-11-29-16/h2-11H,12-13H2,1H3. The molecule has 0 amide bonds. The number of ether oxygens (including phenoxy) is 1. The lowest BCUT2D eigenvalue weighted by molar-refractivity contribution is 0.0600. The second kappa shape index (κ2) is 7.84. The van der Waals surface area contributed by atoms with E-state index in [2.05, 4.69) is 4.98 Å². The number of aromatic nitrogens is 3. The number of benzene rings is 1. The molecule has 0 aliphatic carbocycles. The topological polar surface area (TPSA) is 83.2 Å². The van der Waals surface area contributed by atoms with E-state index in [0.717, 1.165) is 10.4 Å². The van der Waals surface area contributed by atoms with Gasteiger partial charge in [-0.3, -0.25) is 13.9 Å². The van der Waals surface area contributed by atoms with Crippen LogP contribution in [0.1, 0.15) is 20.8 Å². The van der Waals surface area contributed by atoms with E-state index < -0.39 is 17.2 Å². The molecule has 0 spiro atoms. The van der Waals surface area contributed by atoms with Crippen molar-refractivity contribution >= 4 is 28.3 Å². The summed E-state index contributed by atoms with van der Waals surface area (Å²) in [6.07, 6.45) is 1.54. The maximum atomic E-state index is 13.2. The molecule has 0 bridgehead atoms. The van der Waals surface area contributed by atoms with E-state index in [9.17, 15) is 14.4 Å². The predicted octanol–water partition coefficient (Wildman–Crippen LogP) is 2.50. The van der Waals surface area contributed by atoms with Gasteiger partial charge in [-0.25, -0.2) is 14.6 Å². The SMILES string of the molecule is COC(=O)c1ccc(Cn2c(=O)n(Cc3cccs3)c(=O)c3ncccc32)cc1. The van der Waals surface area contributed by atoms with Crippen molar-refractivity contribution in [2.75, 3.05) is 7.11 Å². The lowest BCUT2D eigenvalue weighted by Crippen LogP contribution is -2.40. The molecule has 0 unspecified atom stereocenters. The number of thiophene rings is 1. The predicted molar refractivity (Wildman–Crippen MR) is 111 cm³/mol. The van der Waals surface area contributed by atoms with E-state index in [1.54, 1.807) is 42.6 Å². The van der Waals surface area contributed by atoms with E-state index >= 15 is 0 Å². The molecule has 0 atom stereocenters. The van der Waals surface area contributed by atoms with Crippen LogP contribution in [0.5, 0.6) is 0 Å². The average molecular weight is 407 g/mol. The molecule has 4 rings (SSSR count). The summed E-state index contributed by atoms with van der Waals surface area (Å²) in [4.78, 5) is 42.8. The molecule has 7 nitrogen and oxygen atoms in total. The van der Waals surface area contributed by atoms with Crippen LogP contribution in [0.2, 0.25) is 0 Å². The summed E-state index contributed by atoms with van der Waals surface area (Å²) in [5.74, 6) is -0.423. The first-order valence-corrected chi connectivity index (χ1v) is 9.74. The zero-order valence-corrected chi connectivity index (χ0v) is 16.4. The molecular weight excluding hydrogens is 390 g/mol. The zero-order chi connectivity index (χ0) is 20.4. The van der Waals surface area contributed by atoms with Crippen LogP contribution in [0, 0.1) is 0 Å². The summed E-state index contributed by atoms with van der Waals surface area (Å²) in [6.45, 7) is 0.441. The highest BCUT2D eigenvalue weighted by Crippen LogP contribution is 2.12. The van der Waals surface area contributed by atoms with Gasteiger partial charge in [0.1, 0.15) is 0 Å². The van der Waals surface area contributed by atoms with Crippen LogP contribution in [-0.2, 0) is 17.8 Å². The quantitative estimate of drug-likeness (QED) is 0.475. The summed E-state index contributed by atoms with van der Waals surface area (Å²) in [6, 6.07) is 14.0. The van der Waals surface area contributed by atoms with Gasteiger partial charge in [-0.1, -0.05) is 18.2 Å². The Balaban J connectivity index is 1.82. The third-order valence-electron chi connectivity index (χ3n) is 4.60. The molecule has 146 valence electrons. The van der Waals surface area contributed by atoms with Crippen molar-refractivity contribution in [3.05, 3.63) is 96.9 Å². The van der Waals surface area contributed by atoms with Crippen molar-refractivity contribution in [3.8, 4) is 0 Å². The summed E-state index contributed by atoms with van der Waals surface area (Å²) >= 11 is 1.48. The monoisotopic (exact) mass is 407 g/mol. The van der Waals surface area contributed by atoms with Crippen molar-refractivity contribution in [2.24, 2.45) is 0 Å². The number of methoxy groups -OCH3 is 1. The summed E-state index contributed by atoms with van der Waals surface area (Å²) in [5, 5.41) is 1.90. The number of carbonyl (C=O) groups excluding carboxylic acids is 1. The number of hydrogen-bond donors (Lipinski definition) is 0. The number of hydrogen-bond acceptors (Lipinski definition) is 6. The highest BCUT2D eigenvalue weighted by Gasteiger charge is 2.15. The minimum Gasteiger partial charge on any atom is -0.465 e. The number of esters is 1. The van der Waals surface area contributed by atoms with Crippen molar-refractivity contribution in [3.63, 3.8) is 0 Å². The van der Waals surface area contributed by atoms with Gasteiger partial charge in [0.05, 0.1) is 31.3 Å². The summed E-state index contributed by atoms with van der Waals surface area (Å²) in [5.41, 5.74) is 1.15. The van der Waals surface area contributed by atoms with Crippen LogP contribution >= 0.6 is 11.3 Å². The molecule has 0 aliphatic rings. The van der Waals surface area contributed by atoms with E-state index in [1.807, 2.05) is 17.5 Å². The number of rotatable bonds is 5. The minimum absolute atomic E-state index is 0.198. The third kappa shape index (κ3) is 3.62. The molecule has 0 saturated heterocycles. The molecular formula is C21H17N3O4S. The molecule has 0 N–H and O–H groups in total. The Hall–Kier alpha value is -3.52. The second-order valence-electron chi connectivity index (χ2n) is 6.40. The van der Waals surface area contributed by atoms with Gasteiger partial charge >= 0.3 is 11.7 Å². The molecule has 4 aromatic rings. The largest absolute Gasteiger partial charge is 0.465 e. The molecule has 3 aromatic heterocycles. The van der Waals surface area contributed by atoms with Gasteiger partial charge in [0.2, 0.25) is 0 Å². The Labute approximate surface area is 169 Å². The van der Waals surface area contributed by atoms with E-state index in [0.29, 0.717) is 11.1 Å². The average Bonchev–Trinajstić information content (AvgIpc) is 3.27. The van der Waals surface area contributed by atoms with E-state index in [4.69, 9.17) is 4.74 Å². The molecule has 1 aromatic carbocycles. The van der Waals surface area contributed by atoms with Crippen LogP contribution in [-0.4, -0.2) is 27.2 Å². The highest BCUT2D eigenvalue weighted by atomic mass is 32.1. The summed E-state index contributed by atoms with van der Waals surface area (Å²) in [7, 11) is 1.33. The fraction of sp³-hybridized carbons (Fsp3) is 0.143. The Kier molecular flexibility index (Phi) is 5.09. The highest BCUT2D eigenvalue weighted by molar-refractivity contribution is 7.09. The molecule has 0 saturated carbocycles. The Morgan fingerprint density at radius 1 is 1.03 bits per heavy atom. The fourth-order valence-corrected chi connectivity index (χ4v) is 3.83. The van der Waals surface area contributed by atoms with Gasteiger partial charge in [-0.15, -0.1) is 11.3 Å². The molecule has 0 aliphatic heterocycles. The third-order valence-corrected chi connectivity index (χ3v) is 5.46.